The fourth-order valence-corrected chi connectivity index (χ4v) is 3.58. The van der Waals surface area contributed by atoms with E-state index in [1.54, 1.807) is 39.7 Å². The van der Waals surface area contributed by atoms with E-state index in [0.717, 1.165) is 11.1 Å². The Labute approximate surface area is 156 Å². The van der Waals surface area contributed by atoms with E-state index < -0.39 is 0 Å². The standard InChI is InChI=1S/C20H20N4O3/c1-13-11-23(20(26)19-5-4-8-27-19)18-9-15(16-10-21-22(3)12-16)6-7-17(18)24(13)14(2)25/h4-10,12-13H,11H2,1-3H3/t13-/m0/s1. The Morgan fingerprint density at radius 2 is 2.00 bits per heavy atom. The van der Waals surface area contributed by atoms with Gasteiger partial charge in [-0.2, -0.15) is 5.10 Å². The van der Waals surface area contributed by atoms with Gasteiger partial charge in [-0.3, -0.25) is 14.3 Å². The molecule has 3 heterocycles. The summed E-state index contributed by atoms with van der Waals surface area (Å²) in [7, 11) is 1.85. The number of rotatable bonds is 2. The average Bonchev–Trinajstić information content (AvgIpc) is 3.31. The van der Waals surface area contributed by atoms with Gasteiger partial charge < -0.3 is 14.2 Å². The van der Waals surface area contributed by atoms with E-state index in [-0.39, 0.29) is 23.6 Å². The van der Waals surface area contributed by atoms with Crippen LogP contribution in [-0.4, -0.2) is 34.2 Å². The molecule has 27 heavy (non-hydrogen) atoms. The number of anilines is 2. The Kier molecular flexibility index (Phi) is 4.07. The second kappa shape index (κ2) is 6.42. The van der Waals surface area contributed by atoms with E-state index in [9.17, 15) is 9.59 Å². The topological polar surface area (TPSA) is 71.6 Å². The number of furan rings is 1. The molecule has 0 radical (unpaired) electrons. The Bertz CT molecular complexity index is 1010. The molecule has 4 rings (SSSR count). The summed E-state index contributed by atoms with van der Waals surface area (Å²) in [6, 6.07) is 8.95. The van der Waals surface area contributed by atoms with E-state index in [1.807, 2.05) is 38.4 Å². The Balaban J connectivity index is 1.85. The van der Waals surface area contributed by atoms with Gasteiger partial charge in [-0.15, -0.1) is 0 Å². The molecule has 0 aliphatic carbocycles. The van der Waals surface area contributed by atoms with Crippen molar-refractivity contribution in [2.75, 3.05) is 16.3 Å². The minimum absolute atomic E-state index is 0.0528. The van der Waals surface area contributed by atoms with Crippen molar-refractivity contribution in [2.45, 2.75) is 19.9 Å². The molecule has 1 aromatic carbocycles. The van der Waals surface area contributed by atoms with Gasteiger partial charge in [0.1, 0.15) is 0 Å². The molecule has 0 saturated heterocycles. The monoisotopic (exact) mass is 364 g/mol. The molecular formula is C20H20N4O3. The molecule has 0 fully saturated rings. The van der Waals surface area contributed by atoms with Crippen LogP contribution in [0.2, 0.25) is 0 Å². The number of hydrogen-bond acceptors (Lipinski definition) is 4. The van der Waals surface area contributed by atoms with Gasteiger partial charge in [-0.1, -0.05) is 6.07 Å². The Morgan fingerprint density at radius 3 is 2.63 bits per heavy atom. The summed E-state index contributed by atoms with van der Waals surface area (Å²) in [6.07, 6.45) is 5.17. The Morgan fingerprint density at radius 1 is 1.19 bits per heavy atom. The highest BCUT2D eigenvalue weighted by Crippen LogP contribution is 2.39. The quantitative estimate of drug-likeness (QED) is 0.701. The second-order valence-electron chi connectivity index (χ2n) is 6.74. The molecule has 0 N–H and O–H groups in total. The molecule has 1 aliphatic rings. The van der Waals surface area contributed by atoms with Crippen molar-refractivity contribution in [3.8, 4) is 11.1 Å². The lowest BCUT2D eigenvalue weighted by Gasteiger charge is -2.40. The van der Waals surface area contributed by atoms with E-state index >= 15 is 0 Å². The van der Waals surface area contributed by atoms with Crippen LogP contribution in [0.25, 0.3) is 11.1 Å². The van der Waals surface area contributed by atoms with E-state index in [0.29, 0.717) is 17.9 Å². The fraction of sp³-hybridized carbons (Fsp3) is 0.250. The van der Waals surface area contributed by atoms with Gasteiger partial charge in [0.25, 0.3) is 5.91 Å². The zero-order chi connectivity index (χ0) is 19.1. The maximum atomic E-state index is 13.0. The molecule has 2 amide bonds. The lowest BCUT2D eigenvalue weighted by molar-refractivity contribution is -0.117. The van der Waals surface area contributed by atoms with Crippen molar-refractivity contribution in [1.29, 1.82) is 0 Å². The summed E-state index contributed by atoms with van der Waals surface area (Å²) < 4.78 is 7.03. The number of aryl methyl sites for hydroxylation is 1. The number of aromatic nitrogens is 2. The molecule has 3 aromatic rings. The first kappa shape index (κ1) is 17.1. The first-order valence-electron chi connectivity index (χ1n) is 8.74. The molecule has 7 heteroatoms. The maximum absolute atomic E-state index is 13.0. The molecule has 0 unspecified atom stereocenters. The van der Waals surface area contributed by atoms with Crippen molar-refractivity contribution in [3.05, 3.63) is 54.7 Å². The molecule has 1 aliphatic heterocycles. The summed E-state index contributed by atoms with van der Waals surface area (Å²) >= 11 is 0. The highest BCUT2D eigenvalue weighted by molar-refractivity contribution is 6.10. The molecule has 2 aromatic heterocycles. The van der Waals surface area contributed by atoms with Crippen molar-refractivity contribution < 1.29 is 14.0 Å². The number of fused-ring (bicyclic) bond motifs is 1. The van der Waals surface area contributed by atoms with E-state index in [1.165, 1.54) is 6.26 Å². The van der Waals surface area contributed by atoms with Crippen LogP contribution in [0.5, 0.6) is 0 Å². The number of hydrogen-bond donors (Lipinski definition) is 0. The lowest BCUT2D eigenvalue weighted by Crippen LogP contribution is -2.51. The molecule has 0 bridgehead atoms. The number of amides is 2. The van der Waals surface area contributed by atoms with Gasteiger partial charge in [0.15, 0.2) is 5.76 Å². The van der Waals surface area contributed by atoms with Crippen molar-refractivity contribution in [3.63, 3.8) is 0 Å². The minimum Gasteiger partial charge on any atom is -0.459 e. The number of benzene rings is 1. The highest BCUT2D eigenvalue weighted by atomic mass is 16.3. The summed E-state index contributed by atoms with van der Waals surface area (Å²) in [6.45, 7) is 3.86. The van der Waals surface area contributed by atoms with Crippen molar-refractivity contribution >= 4 is 23.2 Å². The lowest BCUT2D eigenvalue weighted by atomic mass is 10.0. The SMILES string of the molecule is CC(=O)N1c2ccc(-c3cnn(C)c3)cc2N(C(=O)c2ccco2)C[C@@H]1C. The zero-order valence-electron chi connectivity index (χ0n) is 15.4. The number of carbonyl (C=O) groups is 2. The van der Waals surface area contributed by atoms with Crippen LogP contribution in [0.15, 0.2) is 53.4 Å². The van der Waals surface area contributed by atoms with Crippen LogP contribution in [-0.2, 0) is 11.8 Å². The molecule has 1 atom stereocenters. The molecule has 138 valence electrons. The van der Waals surface area contributed by atoms with Gasteiger partial charge >= 0.3 is 0 Å². The molecular weight excluding hydrogens is 344 g/mol. The second-order valence-corrected chi connectivity index (χ2v) is 6.74. The summed E-state index contributed by atoms with van der Waals surface area (Å²) in [5.74, 6) is -0.00109. The van der Waals surface area contributed by atoms with E-state index in [2.05, 4.69) is 5.10 Å². The van der Waals surface area contributed by atoms with Crippen LogP contribution in [0, 0.1) is 0 Å². The highest BCUT2D eigenvalue weighted by Gasteiger charge is 2.35. The minimum atomic E-state index is -0.223. The summed E-state index contributed by atoms with van der Waals surface area (Å²) in [5, 5.41) is 4.21. The van der Waals surface area contributed by atoms with Gasteiger partial charge in [0.05, 0.1) is 29.9 Å². The van der Waals surface area contributed by atoms with E-state index in [4.69, 9.17) is 4.42 Å². The maximum Gasteiger partial charge on any atom is 0.294 e. The first-order chi connectivity index (χ1) is 13.0. The van der Waals surface area contributed by atoms with Gasteiger partial charge in [0.2, 0.25) is 5.91 Å². The first-order valence-corrected chi connectivity index (χ1v) is 8.74. The average molecular weight is 364 g/mol. The third-order valence-electron chi connectivity index (χ3n) is 4.77. The Hall–Kier alpha value is -3.35. The fourth-order valence-electron chi connectivity index (χ4n) is 3.58. The molecule has 0 saturated carbocycles. The zero-order valence-corrected chi connectivity index (χ0v) is 15.4. The van der Waals surface area contributed by atoms with Crippen LogP contribution in [0.4, 0.5) is 11.4 Å². The van der Waals surface area contributed by atoms with Crippen molar-refractivity contribution in [2.24, 2.45) is 7.05 Å². The summed E-state index contributed by atoms with van der Waals surface area (Å²) in [4.78, 5) is 28.6. The molecule has 0 spiro atoms. The summed E-state index contributed by atoms with van der Waals surface area (Å²) in [5.41, 5.74) is 3.27. The number of nitrogens with zero attached hydrogens (tertiary/aromatic N) is 4. The normalized spacial score (nSPS) is 16.3. The van der Waals surface area contributed by atoms with Crippen LogP contribution < -0.4 is 9.80 Å². The predicted molar refractivity (Wildman–Crippen MR) is 102 cm³/mol. The van der Waals surface area contributed by atoms with Crippen LogP contribution >= 0.6 is 0 Å². The third-order valence-corrected chi connectivity index (χ3v) is 4.77. The largest absolute Gasteiger partial charge is 0.459 e. The van der Waals surface area contributed by atoms with Gasteiger partial charge in [-0.05, 0) is 36.8 Å². The number of carbonyl (C=O) groups excluding carboxylic acids is 2. The van der Waals surface area contributed by atoms with Crippen molar-refractivity contribution in [1.82, 2.24) is 9.78 Å². The van der Waals surface area contributed by atoms with Gasteiger partial charge in [-0.25, -0.2) is 0 Å². The van der Waals surface area contributed by atoms with Gasteiger partial charge in [0, 0.05) is 32.3 Å². The smallest absolute Gasteiger partial charge is 0.294 e. The third kappa shape index (κ3) is 2.91. The molecule has 7 nitrogen and oxygen atoms in total. The predicted octanol–water partition coefficient (Wildman–Crippen LogP) is 3.08. The van der Waals surface area contributed by atoms with Crippen LogP contribution in [0.1, 0.15) is 24.4 Å². The van der Waals surface area contributed by atoms with Crippen LogP contribution in [0.3, 0.4) is 0 Å².